The third kappa shape index (κ3) is 2.23. The van der Waals surface area contributed by atoms with E-state index in [4.69, 9.17) is 4.42 Å². The van der Waals surface area contributed by atoms with Crippen molar-refractivity contribution < 1.29 is 12.8 Å². The van der Waals surface area contributed by atoms with Gasteiger partial charge in [-0.25, -0.2) is 8.42 Å². The molecule has 84 valence electrons. The van der Waals surface area contributed by atoms with Crippen molar-refractivity contribution in [1.82, 2.24) is 5.32 Å². The van der Waals surface area contributed by atoms with E-state index >= 15 is 0 Å². The van der Waals surface area contributed by atoms with E-state index in [-0.39, 0.29) is 17.7 Å². The van der Waals surface area contributed by atoms with Crippen LogP contribution in [-0.2, 0) is 9.84 Å². The minimum Gasteiger partial charge on any atom is -0.472 e. The maximum Gasteiger partial charge on any atom is 0.150 e. The predicted molar refractivity (Wildman–Crippen MR) is 57.3 cm³/mol. The molecule has 1 aromatic rings. The molecule has 2 atom stereocenters. The fourth-order valence-electron chi connectivity index (χ4n) is 2.21. The minimum absolute atomic E-state index is 0.0843. The summed E-state index contributed by atoms with van der Waals surface area (Å²) in [6.45, 7) is 0. The topological polar surface area (TPSA) is 59.3 Å². The lowest BCUT2D eigenvalue weighted by Crippen LogP contribution is -2.25. The highest BCUT2D eigenvalue weighted by molar-refractivity contribution is 7.91. The molecular formula is C10H15NO3S. The molecule has 0 amide bonds. The molecule has 4 nitrogen and oxygen atoms in total. The average Bonchev–Trinajstić information content (AvgIpc) is 2.77. The maximum atomic E-state index is 11.4. The quantitative estimate of drug-likeness (QED) is 0.839. The van der Waals surface area contributed by atoms with E-state index in [0.29, 0.717) is 5.75 Å². The lowest BCUT2D eigenvalue weighted by Gasteiger charge is -2.20. The van der Waals surface area contributed by atoms with Gasteiger partial charge >= 0.3 is 0 Å². The molecule has 0 spiro atoms. The highest BCUT2D eigenvalue weighted by Crippen LogP contribution is 2.31. The molecule has 0 radical (unpaired) electrons. The van der Waals surface area contributed by atoms with E-state index in [1.807, 2.05) is 13.1 Å². The second-order valence-electron chi connectivity index (χ2n) is 3.99. The van der Waals surface area contributed by atoms with Gasteiger partial charge in [-0.15, -0.1) is 0 Å². The van der Waals surface area contributed by atoms with Gasteiger partial charge in [-0.3, -0.25) is 0 Å². The predicted octanol–water partition coefficient (Wildman–Crippen LogP) is 0.975. The van der Waals surface area contributed by atoms with Crippen LogP contribution in [0.25, 0.3) is 0 Å². The molecule has 1 aliphatic heterocycles. The Balaban J connectivity index is 2.16. The molecule has 1 N–H and O–H groups in total. The second kappa shape index (κ2) is 3.98. The van der Waals surface area contributed by atoms with Gasteiger partial charge < -0.3 is 9.73 Å². The molecule has 0 aliphatic carbocycles. The molecule has 0 aromatic carbocycles. The van der Waals surface area contributed by atoms with Gasteiger partial charge in [-0.05, 0) is 25.5 Å². The molecule has 1 fully saturated rings. The molecule has 5 heteroatoms. The Morgan fingerprint density at radius 3 is 2.87 bits per heavy atom. The average molecular weight is 229 g/mol. The van der Waals surface area contributed by atoms with Crippen LogP contribution in [0.5, 0.6) is 0 Å². The molecule has 2 rings (SSSR count). The van der Waals surface area contributed by atoms with Crippen molar-refractivity contribution >= 4 is 9.84 Å². The minimum atomic E-state index is -2.81. The van der Waals surface area contributed by atoms with E-state index < -0.39 is 9.84 Å². The Morgan fingerprint density at radius 2 is 2.40 bits per heavy atom. The second-order valence-corrected chi connectivity index (χ2v) is 6.21. The highest BCUT2D eigenvalue weighted by atomic mass is 32.2. The fourth-order valence-corrected chi connectivity index (χ4v) is 4.05. The van der Waals surface area contributed by atoms with Gasteiger partial charge in [0.1, 0.15) is 0 Å². The highest BCUT2D eigenvalue weighted by Gasteiger charge is 2.34. The van der Waals surface area contributed by atoms with Crippen LogP contribution in [0.4, 0.5) is 0 Å². The van der Waals surface area contributed by atoms with E-state index in [2.05, 4.69) is 5.32 Å². The molecule has 0 saturated carbocycles. The molecule has 2 unspecified atom stereocenters. The number of hydrogen-bond donors (Lipinski definition) is 1. The largest absolute Gasteiger partial charge is 0.472 e. The lowest BCUT2D eigenvalue weighted by atomic mass is 9.94. The maximum absolute atomic E-state index is 11.4. The summed E-state index contributed by atoms with van der Waals surface area (Å²) in [5.41, 5.74) is 1.03. The fraction of sp³-hybridized carbons (Fsp3) is 0.600. The summed E-state index contributed by atoms with van der Waals surface area (Å²) in [6.07, 6.45) is 4.02. The van der Waals surface area contributed by atoms with E-state index in [1.54, 1.807) is 12.5 Å². The van der Waals surface area contributed by atoms with Crippen LogP contribution < -0.4 is 5.32 Å². The zero-order chi connectivity index (χ0) is 10.9. The van der Waals surface area contributed by atoms with Gasteiger partial charge in [0.25, 0.3) is 0 Å². The molecule has 1 aromatic heterocycles. The Labute approximate surface area is 89.6 Å². The molecule has 2 heterocycles. The van der Waals surface area contributed by atoms with Crippen LogP contribution in [0, 0.1) is 5.92 Å². The monoisotopic (exact) mass is 229 g/mol. The van der Waals surface area contributed by atoms with Crippen LogP contribution in [0.3, 0.4) is 0 Å². The Bertz CT molecular complexity index is 410. The van der Waals surface area contributed by atoms with Gasteiger partial charge in [0.15, 0.2) is 9.84 Å². The first-order chi connectivity index (χ1) is 7.12. The normalized spacial score (nSPS) is 26.6. The van der Waals surface area contributed by atoms with Crippen molar-refractivity contribution in [2.45, 2.75) is 12.5 Å². The summed E-state index contributed by atoms with van der Waals surface area (Å²) in [7, 11) is -0.962. The Hall–Kier alpha value is -0.810. The molecule has 1 saturated heterocycles. The van der Waals surface area contributed by atoms with Crippen molar-refractivity contribution in [3.8, 4) is 0 Å². The van der Waals surface area contributed by atoms with Crippen LogP contribution in [-0.4, -0.2) is 27.0 Å². The Kier molecular flexibility index (Phi) is 2.84. The van der Waals surface area contributed by atoms with E-state index in [0.717, 1.165) is 12.0 Å². The van der Waals surface area contributed by atoms with Crippen molar-refractivity contribution in [3.63, 3.8) is 0 Å². The Morgan fingerprint density at radius 1 is 1.60 bits per heavy atom. The number of nitrogens with one attached hydrogen (secondary N) is 1. The van der Waals surface area contributed by atoms with Gasteiger partial charge in [0, 0.05) is 11.6 Å². The van der Waals surface area contributed by atoms with Crippen LogP contribution in [0.2, 0.25) is 0 Å². The summed E-state index contributed by atoms with van der Waals surface area (Å²) in [5, 5.41) is 3.16. The van der Waals surface area contributed by atoms with Crippen molar-refractivity contribution in [3.05, 3.63) is 24.2 Å². The van der Waals surface area contributed by atoms with Gasteiger partial charge in [0.05, 0.1) is 24.0 Å². The first-order valence-corrected chi connectivity index (χ1v) is 6.84. The number of furan rings is 1. The van der Waals surface area contributed by atoms with Crippen LogP contribution in [0.1, 0.15) is 18.0 Å². The van der Waals surface area contributed by atoms with E-state index in [9.17, 15) is 8.42 Å². The number of hydrogen-bond acceptors (Lipinski definition) is 4. The first-order valence-electron chi connectivity index (χ1n) is 5.02. The summed E-state index contributed by atoms with van der Waals surface area (Å²) in [6, 6.07) is 1.97. The third-order valence-corrected chi connectivity index (χ3v) is 4.75. The third-order valence-electron chi connectivity index (χ3n) is 2.95. The van der Waals surface area contributed by atoms with Crippen molar-refractivity contribution in [2.75, 3.05) is 18.6 Å². The SMILES string of the molecule is CNC(c1ccoc1)C1CCS(=O)(=O)C1. The molecule has 0 bridgehead atoms. The van der Waals surface area contributed by atoms with Crippen molar-refractivity contribution in [1.29, 1.82) is 0 Å². The summed E-state index contributed by atoms with van der Waals surface area (Å²) < 4.78 is 27.8. The number of sulfone groups is 1. The van der Waals surface area contributed by atoms with Crippen LogP contribution >= 0.6 is 0 Å². The zero-order valence-electron chi connectivity index (χ0n) is 8.64. The molecule has 1 aliphatic rings. The smallest absolute Gasteiger partial charge is 0.150 e. The van der Waals surface area contributed by atoms with Gasteiger partial charge in [-0.2, -0.15) is 0 Å². The summed E-state index contributed by atoms with van der Waals surface area (Å²) in [5.74, 6) is 0.759. The van der Waals surface area contributed by atoms with Crippen LogP contribution in [0.15, 0.2) is 23.0 Å². The molecular weight excluding hydrogens is 214 g/mol. The molecule has 15 heavy (non-hydrogen) atoms. The summed E-state index contributed by atoms with van der Waals surface area (Å²) in [4.78, 5) is 0. The standard InChI is InChI=1S/C10H15NO3S/c1-11-10(8-2-4-14-6-8)9-3-5-15(12,13)7-9/h2,4,6,9-11H,3,5,7H2,1H3. The van der Waals surface area contributed by atoms with Crippen molar-refractivity contribution in [2.24, 2.45) is 5.92 Å². The number of rotatable bonds is 3. The first kappa shape index (κ1) is 10.7. The van der Waals surface area contributed by atoms with Gasteiger partial charge in [0.2, 0.25) is 0 Å². The summed E-state index contributed by atoms with van der Waals surface area (Å²) >= 11 is 0. The van der Waals surface area contributed by atoms with Gasteiger partial charge in [-0.1, -0.05) is 0 Å². The van der Waals surface area contributed by atoms with E-state index in [1.165, 1.54) is 0 Å². The lowest BCUT2D eigenvalue weighted by molar-refractivity contribution is 0.414. The zero-order valence-corrected chi connectivity index (χ0v) is 9.46.